The van der Waals surface area contributed by atoms with Crippen molar-refractivity contribution in [2.75, 3.05) is 13.1 Å². The second-order valence-electron chi connectivity index (χ2n) is 7.17. The second-order valence-corrected chi connectivity index (χ2v) is 7.17. The first-order valence-corrected chi connectivity index (χ1v) is 8.44. The van der Waals surface area contributed by atoms with Crippen LogP contribution < -0.4 is 10.3 Å². The van der Waals surface area contributed by atoms with Gasteiger partial charge in [-0.3, -0.25) is 4.79 Å². The molecule has 1 aromatic heterocycles. The number of fused-ring (bicyclic) bond motifs is 1. The maximum atomic E-state index is 12.1. The Hall–Kier alpha value is -2.57. The van der Waals surface area contributed by atoms with Crippen LogP contribution in [0.3, 0.4) is 0 Å². The van der Waals surface area contributed by atoms with Gasteiger partial charge < -0.3 is 19.4 Å². The van der Waals surface area contributed by atoms with Gasteiger partial charge in [-0.25, -0.2) is 9.78 Å². The van der Waals surface area contributed by atoms with E-state index in [-0.39, 0.29) is 17.8 Å². The van der Waals surface area contributed by atoms with E-state index in [0.29, 0.717) is 42.6 Å². The summed E-state index contributed by atoms with van der Waals surface area (Å²) in [5.74, 6) is 0.530. The van der Waals surface area contributed by atoms with Crippen LogP contribution in [0.25, 0.3) is 10.9 Å². The number of carbonyl (C=O) groups is 1. The van der Waals surface area contributed by atoms with Gasteiger partial charge in [0.05, 0.1) is 11.8 Å². The van der Waals surface area contributed by atoms with Crippen molar-refractivity contribution in [1.82, 2.24) is 14.9 Å². The van der Waals surface area contributed by atoms with E-state index in [9.17, 15) is 9.59 Å². The molecule has 1 fully saturated rings. The number of nitrogens with zero attached hydrogens (tertiary/aromatic N) is 2. The van der Waals surface area contributed by atoms with E-state index in [1.165, 1.54) is 6.33 Å². The molecule has 25 heavy (non-hydrogen) atoms. The standard InChI is InChI=1S/C18H23N3O4/c1-18(2,3)25-17(23)21-9-7-12(8-10-21)24-14-6-4-5-13-15(14)16(22)20-11-19-13/h4-6,11-12H,7-10H2,1-3H3,(H,19,20,22). The molecule has 0 aliphatic carbocycles. The molecular weight excluding hydrogens is 322 g/mol. The predicted molar refractivity (Wildman–Crippen MR) is 93.8 cm³/mol. The van der Waals surface area contributed by atoms with Crippen molar-refractivity contribution >= 4 is 17.0 Å². The van der Waals surface area contributed by atoms with Crippen molar-refractivity contribution in [3.63, 3.8) is 0 Å². The van der Waals surface area contributed by atoms with Crippen LogP contribution in [-0.4, -0.2) is 45.8 Å². The van der Waals surface area contributed by atoms with Gasteiger partial charge in [0, 0.05) is 25.9 Å². The van der Waals surface area contributed by atoms with Crippen LogP contribution in [0.5, 0.6) is 5.75 Å². The first-order chi connectivity index (χ1) is 11.8. The molecule has 0 unspecified atom stereocenters. The van der Waals surface area contributed by atoms with E-state index in [2.05, 4.69) is 9.97 Å². The Morgan fingerprint density at radius 2 is 2.00 bits per heavy atom. The fourth-order valence-electron chi connectivity index (χ4n) is 2.85. The van der Waals surface area contributed by atoms with Gasteiger partial charge in [0.2, 0.25) is 0 Å². The van der Waals surface area contributed by atoms with Gasteiger partial charge in [0.15, 0.2) is 0 Å². The van der Waals surface area contributed by atoms with Gasteiger partial charge in [0.1, 0.15) is 22.8 Å². The topological polar surface area (TPSA) is 84.5 Å². The first kappa shape index (κ1) is 17.3. The highest BCUT2D eigenvalue weighted by atomic mass is 16.6. The third-order valence-electron chi connectivity index (χ3n) is 4.02. The number of H-pyrrole nitrogens is 1. The molecule has 1 aliphatic heterocycles. The van der Waals surface area contributed by atoms with E-state index in [0.717, 1.165) is 0 Å². The molecule has 0 saturated carbocycles. The lowest BCUT2D eigenvalue weighted by molar-refractivity contribution is 0.0128. The van der Waals surface area contributed by atoms with Crippen molar-refractivity contribution in [1.29, 1.82) is 0 Å². The Bertz CT molecular complexity index is 812. The van der Waals surface area contributed by atoms with E-state index in [4.69, 9.17) is 9.47 Å². The zero-order valence-corrected chi connectivity index (χ0v) is 14.7. The van der Waals surface area contributed by atoms with Gasteiger partial charge in [-0.15, -0.1) is 0 Å². The van der Waals surface area contributed by atoms with Crippen LogP contribution in [0.2, 0.25) is 0 Å². The molecule has 0 spiro atoms. The molecule has 3 rings (SSSR count). The number of aromatic nitrogens is 2. The second kappa shape index (κ2) is 6.74. The number of hydrogen-bond acceptors (Lipinski definition) is 5. The molecule has 1 aromatic carbocycles. The van der Waals surface area contributed by atoms with Crippen LogP contribution in [0.15, 0.2) is 29.3 Å². The number of piperidine rings is 1. The SMILES string of the molecule is CC(C)(C)OC(=O)N1CCC(Oc2cccc3nc[nH]c(=O)c23)CC1. The third-order valence-corrected chi connectivity index (χ3v) is 4.02. The molecule has 1 N–H and O–H groups in total. The Balaban J connectivity index is 1.66. The number of aromatic amines is 1. The fourth-order valence-corrected chi connectivity index (χ4v) is 2.85. The number of hydrogen-bond donors (Lipinski definition) is 1. The highest BCUT2D eigenvalue weighted by molar-refractivity contribution is 5.83. The molecule has 1 amide bonds. The minimum absolute atomic E-state index is 0.0520. The smallest absolute Gasteiger partial charge is 0.410 e. The summed E-state index contributed by atoms with van der Waals surface area (Å²) in [6.07, 6.45) is 2.41. The molecule has 1 saturated heterocycles. The average Bonchev–Trinajstić information content (AvgIpc) is 2.54. The summed E-state index contributed by atoms with van der Waals surface area (Å²) in [4.78, 5) is 32.6. The van der Waals surface area contributed by atoms with E-state index >= 15 is 0 Å². The average molecular weight is 345 g/mol. The van der Waals surface area contributed by atoms with E-state index < -0.39 is 5.60 Å². The number of likely N-dealkylation sites (tertiary alicyclic amines) is 1. The lowest BCUT2D eigenvalue weighted by Gasteiger charge is -2.33. The largest absolute Gasteiger partial charge is 0.489 e. The number of carbonyl (C=O) groups excluding carboxylic acids is 1. The number of rotatable bonds is 2. The Labute approximate surface area is 146 Å². The van der Waals surface area contributed by atoms with Crippen LogP contribution in [-0.2, 0) is 4.74 Å². The zero-order valence-electron chi connectivity index (χ0n) is 14.7. The Morgan fingerprint density at radius 3 is 2.68 bits per heavy atom. The molecule has 0 bridgehead atoms. The minimum Gasteiger partial charge on any atom is -0.489 e. The number of benzene rings is 1. The number of amides is 1. The third kappa shape index (κ3) is 4.10. The molecule has 2 heterocycles. The normalized spacial score (nSPS) is 16.0. The van der Waals surface area contributed by atoms with Gasteiger partial charge in [-0.2, -0.15) is 0 Å². The molecule has 7 nitrogen and oxygen atoms in total. The highest BCUT2D eigenvalue weighted by Crippen LogP contribution is 2.25. The van der Waals surface area contributed by atoms with Crippen molar-refractivity contribution in [3.8, 4) is 5.75 Å². The Kier molecular flexibility index (Phi) is 4.65. The maximum Gasteiger partial charge on any atom is 0.410 e. The highest BCUT2D eigenvalue weighted by Gasteiger charge is 2.28. The first-order valence-electron chi connectivity index (χ1n) is 8.44. The molecule has 7 heteroatoms. The Morgan fingerprint density at radius 1 is 1.28 bits per heavy atom. The van der Waals surface area contributed by atoms with Crippen molar-refractivity contribution in [2.45, 2.75) is 45.3 Å². The minimum atomic E-state index is -0.499. The van der Waals surface area contributed by atoms with Gasteiger partial charge in [-0.05, 0) is 32.9 Å². The summed E-state index contributed by atoms with van der Waals surface area (Å²) in [5, 5.41) is 0.458. The summed E-state index contributed by atoms with van der Waals surface area (Å²) >= 11 is 0. The monoisotopic (exact) mass is 345 g/mol. The number of nitrogens with one attached hydrogen (secondary N) is 1. The molecule has 134 valence electrons. The quantitative estimate of drug-likeness (QED) is 0.904. The molecule has 1 aliphatic rings. The molecule has 0 radical (unpaired) electrons. The summed E-state index contributed by atoms with van der Waals surface area (Å²) in [6.45, 7) is 6.70. The lowest BCUT2D eigenvalue weighted by Crippen LogP contribution is -2.44. The summed E-state index contributed by atoms with van der Waals surface area (Å²) < 4.78 is 11.4. The fraction of sp³-hybridized carbons (Fsp3) is 0.500. The van der Waals surface area contributed by atoms with Crippen LogP contribution in [0, 0.1) is 0 Å². The summed E-state index contributed by atoms with van der Waals surface area (Å²) in [5.41, 5.74) is -0.110. The molecule has 2 aromatic rings. The number of ether oxygens (including phenoxy) is 2. The summed E-state index contributed by atoms with van der Waals surface area (Å²) in [7, 11) is 0. The van der Waals surface area contributed by atoms with Gasteiger partial charge >= 0.3 is 6.09 Å². The van der Waals surface area contributed by atoms with Crippen LogP contribution in [0.1, 0.15) is 33.6 Å². The van der Waals surface area contributed by atoms with Crippen molar-refractivity contribution in [2.24, 2.45) is 0 Å². The zero-order chi connectivity index (χ0) is 18.0. The van der Waals surface area contributed by atoms with Crippen LogP contribution in [0.4, 0.5) is 4.79 Å². The van der Waals surface area contributed by atoms with Crippen molar-refractivity contribution < 1.29 is 14.3 Å². The van der Waals surface area contributed by atoms with Gasteiger partial charge in [-0.1, -0.05) is 6.07 Å². The van der Waals surface area contributed by atoms with Gasteiger partial charge in [0.25, 0.3) is 5.56 Å². The predicted octanol–water partition coefficient (Wildman–Crippen LogP) is 2.70. The molecular formula is C18H23N3O4. The van der Waals surface area contributed by atoms with E-state index in [1.54, 1.807) is 17.0 Å². The lowest BCUT2D eigenvalue weighted by atomic mass is 10.1. The summed E-state index contributed by atoms with van der Waals surface area (Å²) in [6, 6.07) is 5.38. The van der Waals surface area contributed by atoms with Crippen molar-refractivity contribution in [3.05, 3.63) is 34.9 Å². The molecule has 0 atom stereocenters. The van der Waals surface area contributed by atoms with Crippen LogP contribution >= 0.6 is 0 Å². The maximum absolute atomic E-state index is 12.1. The van der Waals surface area contributed by atoms with E-state index in [1.807, 2.05) is 26.8 Å².